The first-order chi connectivity index (χ1) is 8.58. The Morgan fingerprint density at radius 2 is 1.94 bits per heavy atom. The highest BCUT2D eigenvalue weighted by Crippen LogP contribution is 2.29. The largest absolute Gasteiger partial charge is 0.733 e. The molecule has 94 valence electrons. The van der Waals surface area contributed by atoms with Gasteiger partial charge >= 0.3 is 0 Å². The van der Waals surface area contributed by atoms with E-state index in [1.165, 1.54) is 18.2 Å². The zero-order chi connectivity index (χ0) is 13.1. The lowest BCUT2D eigenvalue weighted by atomic mass is 10.2. The molecule has 0 atom stereocenters. The lowest BCUT2D eigenvalue weighted by Gasteiger charge is -2.24. The molecule has 18 heavy (non-hydrogen) atoms. The first kappa shape index (κ1) is 12.3. The smallest absolute Gasteiger partial charge is 0.165 e. The molecular formula is C13H11FNO3-. The summed E-state index contributed by atoms with van der Waals surface area (Å²) in [6.07, 6.45) is 0. The number of halogens is 1. The van der Waals surface area contributed by atoms with Crippen molar-refractivity contribution in [2.24, 2.45) is 0 Å². The number of ether oxygens (including phenoxy) is 1. The van der Waals surface area contributed by atoms with E-state index in [1.54, 1.807) is 31.2 Å². The van der Waals surface area contributed by atoms with Crippen molar-refractivity contribution in [1.82, 2.24) is 0 Å². The Bertz CT molecular complexity index is 558. The van der Waals surface area contributed by atoms with E-state index in [4.69, 9.17) is 9.94 Å². The lowest BCUT2D eigenvalue weighted by molar-refractivity contribution is 0.295. The molecular weight excluding hydrogens is 237 g/mol. The monoisotopic (exact) mass is 248 g/mol. The van der Waals surface area contributed by atoms with Gasteiger partial charge < -0.3 is 15.2 Å². The molecule has 4 nitrogen and oxygen atoms in total. The van der Waals surface area contributed by atoms with Crippen LogP contribution in [0.4, 0.5) is 10.1 Å². The predicted octanol–water partition coefficient (Wildman–Crippen LogP) is 3.62. The molecule has 0 fully saturated rings. The zero-order valence-corrected chi connectivity index (χ0v) is 9.63. The van der Waals surface area contributed by atoms with E-state index in [-0.39, 0.29) is 22.4 Å². The molecule has 0 unspecified atom stereocenters. The summed E-state index contributed by atoms with van der Waals surface area (Å²) in [5, 5.41) is 19.5. The van der Waals surface area contributed by atoms with Crippen molar-refractivity contribution in [3.63, 3.8) is 0 Å². The maximum Gasteiger partial charge on any atom is 0.165 e. The van der Waals surface area contributed by atoms with Gasteiger partial charge in [-0.1, -0.05) is 18.2 Å². The highest BCUT2D eigenvalue weighted by atomic mass is 19.1. The van der Waals surface area contributed by atoms with Gasteiger partial charge in [-0.3, -0.25) is 5.21 Å². The summed E-state index contributed by atoms with van der Waals surface area (Å²) in [6, 6.07) is 10.5. The van der Waals surface area contributed by atoms with Crippen LogP contribution in [-0.2, 0) is 0 Å². The van der Waals surface area contributed by atoms with Crippen molar-refractivity contribution in [2.45, 2.75) is 6.92 Å². The fraction of sp³-hybridized carbons (Fsp3) is 0.0769. The van der Waals surface area contributed by atoms with Crippen LogP contribution in [0.5, 0.6) is 11.5 Å². The van der Waals surface area contributed by atoms with Crippen molar-refractivity contribution < 1.29 is 14.3 Å². The molecule has 0 spiro atoms. The van der Waals surface area contributed by atoms with Gasteiger partial charge in [0.2, 0.25) is 0 Å². The number of hydrogen-bond donors (Lipinski definition) is 1. The molecule has 0 heterocycles. The van der Waals surface area contributed by atoms with Crippen LogP contribution in [0, 0.1) is 17.9 Å². The SMILES string of the molecule is Cc1ccc(Oc2ccccc2F)cc1N([O-])O. The lowest BCUT2D eigenvalue weighted by Crippen LogP contribution is -2.08. The third-order valence-corrected chi connectivity index (χ3v) is 2.45. The molecule has 0 aliphatic heterocycles. The van der Waals surface area contributed by atoms with Crippen LogP contribution in [0.1, 0.15) is 5.56 Å². The molecule has 2 rings (SSSR count). The Morgan fingerprint density at radius 1 is 1.22 bits per heavy atom. The van der Waals surface area contributed by atoms with Crippen LogP contribution in [0.15, 0.2) is 42.5 Å². The number of aryl methyl sites for hydroxylation is 1. The molecule has 2 aromatic carbocycles. The predicted molar refractivity (Wildman–Crippen MR) is 65.3 cm³/mol. The molecule has 0 bridgehead atoms. The minimum atomic E-state index is -0.498. The molecule has 0 aromatic heterocycles. The molecule has 2 aromatic rings. The summed E-state index contributed by atoms with van der Waals surface area (Å²) in [5.41, 5.74) is 0.650. The fourth-order valence-electron chi connectivity index (χ4n) is 1.51. The Balaban J connectivity index is 2.30. The quantitative estimate of drug-likeness (QED) is 0.843. The number of para-hydroxylation sites is 1. The van der Waals surface area contributed by atoms with Gasteiger partial charge in [0.15, 0.2) is 11.6 Å². The molecule has 5 heteroatoms. The molecule has 0 aliphatic carbocycles. The van der Waals surface area contributed by atoms with E-state index >= 15 is 0 Å². The summed E-state index contributed by atoms with van der Waals surface area (Å²) in [5.74, 6) is -0.166. The fourth-order valence-corrected chi connectivity index (χ4v) is 1.51. The molecule has 0 aliphatic rings. The van der Waals surface area contributed by atoms with Crippen molar-refractivity contribution in [2.75, 3.05) is 5.23 Å². The van der Waals surface area contributed by atoms with Gasteiger partial charge in [-0.05, 0) is 30.7 Å². The van der Waals surface area contributed by atoms with Crippen LogP contribution in [0.25, 0.3) is 0 Å². The molecule has 1 N–H and O–H groups in total. The maximum absolute atomic E-state index is 13.4. The summed E-state index contributed by atoms with van der Waals surface area (Å²) in [6.45, 7) is 1.67. The van der Waals surface area contributed by atoms with Crippen molar-refractivity contribution in [1.29, 1.82) is 0 Å². The van der Waals surface area contributed by atoms with E-state index in [0.717, 1.165) is 0 Å². The Labute approximate surface area is 103 Å². The van der Waals surface area contributed by atoms with Crippen LogP contribution in [0.3, 0.4) is 0 Å². The van der Waals surface area contributed by atoms with Crippen LogP contribution in [-0.4, -0.2) is 5.21 Å². The van der Waals surface area contributed by atoms with Gasteiger partial charge in [-0.2, -0.15) is 0 Å². The van der Waals surface area contributed by atoms with Gasteiger partial charge in [-0.25, -0.2) is 4.39 Å². The number of hydrogen-bond acceptors (Lipinski definition) is 4. The molecule has 0 saturated carbocycles. The van der Waals surface area contributed by atoms with Crippen molar-refractivity contribution >= 4 is 5.69 Å². The summed E-state index contributed by atoms with van der Waals surface area (Å²) in [7, 11) is 0. The summed E-state index contributed by atoms with van der Waals surface area (Å²) >= 11 is 0. The van der Waals surface area contributed by atoms with Crippen molar-refractivity contribution in [3.8, 4) is 11.5 Å². The third-order valence-electron chi connectivity index (χ3n) is 2.45. The first-order valence-corrected chi connectivity index (χ1v) is 5.27. The number of benzene rings is 2. The van der Waals surface area contributed by atoms with E-state index in [1.807, 2.05) is 0 Å². The van der Waals surface area contributed by atoms with Crippen LogP contribution in [0.2, 0.25) is 0 Å². The van der Waals surface area contributed by atoms with Gasteiger partial charge in [-0.15, -0.1) is 0 Å². The second-order valence-corrected chi connectivity index (χ2v) is 3.75. The Morgan fingerprint density at radius 3 is 2.61 bits per heavy atom. The normalized spacial score (nSPS) is 10.2. The second kappa shape index (κ2) is 5.03. The van der Waals surface area contributed by atoms with E-state index < -0.39 is 5.82 Å². The minimum Gasteiger partial charge on any atom is -0.733 e. The molecule has 0 amide bonds. The zero-order valence-electron chi connectivity index (χ0n) is 9.63. The standard InChI is InChI=1S/C13H11FNO3/c1-9-6-7-10(8-12(9)15(16)17)18-13-5-3-2-4-11(13)14/h2-8,16H,1H3/q-1. The summed E-state index contributed by atoms with van der Waals surface area (Å²) < 4.78 is 18.7. The average Bonchev–Trinajstić information content (AvgIpc) is 2.34. The molecule has 0 saturated heterocycles. The van der Waals surface area contributed by atoms with Crippen LogP contribution >= 0.6 is 0 Å². The van der Waals surface area contributed by atoms with Crippen molar-refractivity contribution in [3.05, 3.63) is 59.1 Å². The minimum absolute atomic E-state index is 0.0580. The second-order valence-electron chi connectivity index (χ2n) is 3.75. The van der Waals surface area contributed by atoms with Gasteiger partial charge in [0.05, 0.1) is 5.69 Å². The van der Waals surface area contributed by atoms with E-state index in [9.17, 15) is 9.60 Å². The van der Waals surface area contributed by atoms with E-state index in [2.05, 4.69) is 0 Å². The maximum atomic E-state index is 13.4. The number of rotatable bonds is 3. The topological polar surface area (TPSA) is 55.8 Å². The highest BCUT2D eigenvalue weighted by Gasteiger charge is 2.06. The van der Waals surface area contributed by atoms with Gasteiger partial charge in [0.1, 0.15) is 5.75 Å². The van der Waals surface area contributed by atoms with E-state index in [0.29, 0.717) is 5.56 Å². The number of nitrogens with zero attached hydrogens (tertiary/aromatic N) is 1. The molecule has 0 radical (unpaired) electrons. The van der Waals surface area contributed by atoms with Gasteiger partial charge in [0, 0.05) is 6.07 Å². The highest BCUT2D eigenvalue weighted by molar-refractivity contribution is 5.55. The van der Waals surface area contributed by atoms with Gasteiger partial charge in [0.25, 0.3) is 0 Å². The first-order valence-electron chi connectivity index (χ1n) is 5.27. The third kappa shape index (κ3) is 2.58. The Hall–Kier alpha value is -2.11. The Kier molecular flexibility index (Phi) is 3.45. The number of anilines is 1. The van der Waals surface area contributed by atoms with Crippen LogP contribution < -0.4 is 9.96 Å². The average molecular weight is 248 g/mol. The summed E-state index contributed by atoms with van der Waals surface area (Å²) in [4.78, 5) is 0.